The van der Waals surface area contributed by atoms with Gasteiger partial charge in [-0.15, -0.1) is 0 Å². The summed E-state index contributed by atoms with van der Waals surface area (Å²) in [6.45, 7) is 2.37. The van der Waals surface area contributed by atoms with E-state index in [4.69, 9.17) is 37.4 Å². The maximum absolute atomic E-state index is 13.1. The van der Waals surface area contributed by atoms with Gasteiger partial charge in [-0.25, -0.2) is 4.39 Å². The van der Waals surface area contributed by atoms with Crippen LogP contribution in [0.5, 0.6) is 11.5 Å². The molecule has 0 atom stereocenters. The first-order chi connectivity index (χ1) is 12.5. The molecule has 26 heavy (non-hydrogen) atoms. The van der Waals surface area contributed by atoms with Gasteiger partial charge in [0.1, 0.15) is 12.4 Å². The summed E-state index contributed by atoms with van der Waals surface area (Å²) in [5, 5.41) is 4.06. The molecular weight excluding hydrogens is 380 g/mol. The third kappa shape index (κ3) is 6.02. The first kappa shape index (κ1) is 20.8. The SMILES string of the molecule is COCCCNCc1cc(Cl)c(OCc2ccc(F)cc2Cl)c(OC)c1. The Kier molecular flexibility index (Phi) is 8.45. The van der Waals surface area contributed by atoms with Crippen LogP contribution in [0.25, 0.3) is 0 Å². The number of hydrogen-bond donors (Lipinski definition) is 1. The van der Waals surface area contributed by atoms with E-state index in [2.05, 4.69) is 5.32 Å². The number of methoxy groups -OCH3 is 2. The molecule has 0 bridgehead atoms. The Morgan fingerprint density at radius 1 is 1.08 bits per heavy atom. The molecule has 0 amide bonds. The van der Waals surface area contributed by atoms with Gasteiger partial charge in [-0.1, -0.05) is 29.3 Å². The van der Waals surface area contributed by atoms with Gasteiger partial charge in [-0.2, -0.15) is 0 Å². The van der Waals surface area contributed by atoms with Gasteiger partial charge >= 0.3 is 0 Å². The second-order valence-corrected chi connectivity index (χ2v) is 6.47. The highest BCUT2D eigenvalue weighted by Crippen LogP contribution is 2.37. The van der Waals surface area contributed by atoms with E-state index >= 15 is 0 Å². The summed E-state index contributed by atoms with van der Waals surface area (Å²) in [4.78, 5) is 0. The molecule has 0 radical (unpaired) electrons. The predicted molar refractivity (Wildman–Crippen MR) is 102 cm³/mol. The van der Waals surface area contributed by atoms with Crippen LogP contribution in [0.4, 0.5) is 4.39 Å². The molecule has 0 spiro atoms. The van der Waals surface area contributed by atoms with Crippen LogP contribution in [0.3, 0.4) is 0 Å². The molecule has 1 N–H and O–H groups in total. The lowest BCUT2D eigenvalue weighted by Gasteiger charge is -2.15. The van der Waals surface area contributed by atoms with Crippen LogP contribution in [-0.2, 0) is 17.9 Å². The quantitative estimate of drug-likeness (QED) is 0.577. The molecular formula is C19H22Cl2FNO3. The molecule has 2 rings (SSSR count). The van der Waals surface area contributed by atoms with E-state index < -0.39 is 5.82 Å². The Morgan fingerprint density at radius 2 is 1.88 bits per heavy atom. The van der Waals surface area contributed by atoms with Crippen molar-refractivity contribution in [3.05, 3.63) is 57.3 Å². The Bertz CT molecular complexity index is 728. The van der Waals surface area contributed by atoms with Gasteiger partial charge in [-0.3, -0.25) is 0 Å². The normalized spacial score (nSPS) is 10.8. The van der Waals surface area contributed by atoms with E-state index in [0.717, 1.165) is 25.1 Å². The van der Waals surface area contributed by atoms with Crippen molar-refractivity contribution in [1.29, 1.82) is 0 Å². The molecule has 0 aliphatic heterocycles. The van der Waals surface area contributed by atoms with Crippen molar-refractivity contribution in [3.63, 3.8) is 0 Å². The zero-order chi connectivity index (χ0) is 18.9. The molecule has 0 aliphatic rings. The molecule has 0 aliphatic carbocycles. The second kappa shape index (κ2) is 10.6. The molecule has 4 nitrogen and oxygen atoms in total. The summed E-state index contributed by atoms with van der Waals surface area (Å²) in [6, 6.07) is 7.86. The molecule has 0 fully saturated rings. The van der Waals surface area contributed by atoms with E-state index in [1.165, 1.54) is 12.1 Å². The molecule has 2 aromatic carbocycles. The summed E-state index contributed by atoms with van der Waals surface area (Å²) in [7, 11) is 3.24. The van der Waals surface area contributed by atoms with Crippen LogP contribution in [0.15, 0.2) is 30.3 Å². The van der Waals surface area contributed by atoms with Gasteiger partial charge in [0.05, 0.1) is 17.2 Å². The van der Waals surface area contributed by atoms with Crippen molar-refractivity contribution < 1.29 is 18.6 Å². The molecule has 2 aromatic rings. The second-order valence-electron chi connectivity index (χ2n) is 5.66. The lowest BCUT2D eigenvalue weighted by atomic mass is 10.2. The average molecular weight is 402 g/mol. The summed E-state index contributed by atoms with van der Waals surface area (Å²) in [6.07, 6.45) is 0.932. The number of halogens is 3. The highest BCUT2D eigenvalue weighted by atomic mass is 35.5. The van der Waals surface area contributed by atoms with Crippen molar-refractivity contribution in [2.45, 2.75) is 19.6 Å². The molecule has 0 heterocycles. The Balaban J connectivity index is 2.03. The van der Waals surface area contributed by atoms with Crippen LogP contribution in [0.1, 0.15) is 17.5 Å². The minimum atomic E-state index is -0.392. The molecule has 142 valence electrons. The summed E-state index contributed by atoms with van der Waals surface area (Å²) >= 11 is 12.4. The predicted octanol–water partition coefficient (Wildman–Crippen LogP) is 4.85. The number of rotatable bonds is 10. The van der Waals surface area contributed by atoms with E-state index in [1.807, 2.05) is 12.1 Å². The van der Waals surface area contributed by atoms with Gasteiger partial charge in [0, 0.05) is 25.8 Å². The van der Waals surface area contributed by atoms with Crippen molar-refractivity contribution in [2.24, 2.45) is 0 Å². The third-order valence-electron chi connectivity index (χ3n) is 3.71. The number of nitrogens with one attached hydrogen (secondary N) is 1. The summed E-state index contributed by atoms with van der Waals surface area (Å²) < 4.78 is 29.3. The van der Waals surface area contributed by atoms with Gasteiger partial charge in [0.25, 0.3) is 0 Å². The van der Waals surface area contributed by atoms with Gasteiger partial charge in [0.15, 0.2) is 11.5 Å². The van der Waals surface area contributed by atoms with E-state index in [9.17, 15) is 4.39 Å². The summed E-state index contributed by atoms with van der Waals surface area (Å²) in [5.74, 6) is 0.568. The monoisotopic (exact) mass is 401 g/mol. The highest BCUT2D eigenvalue weighted by molar-refractivity contribution is 6.32. The Morgan fingerprint density at radius 3 is 2.58 bits per heavy atom. The topological polar surface area (TPSA) is 39.7 Å². The van der Waals surface area contributed by atoms with Crippen LogP contribution in [-0.4, -0.2) is 27.4 Å². The summed E-state index contributed by atoms with van der Waals surface area (Å²) in [5.41, 5.74) is 1.64. The zero-order valence-electron chi connectivity index (χ0n) is 14.8. The van der Waals surface area contributed by atoms with Gasteiger partial charge in [0.2, 0.25) is 0 Å². The van der Waals surface area contributed by atoms with Crippen LogP contribution in [0.2, 0.25) is 10.0 Å². The number of benzene rings is 2. The van der Waals surface area contributed by atoms with Crippen molar-refractivity contribution in [1.82, 2.24) is 5.32 Å². The Labute approximate surface area is 163 Å². The average Bonchev–Trinajstić information content (AvgIpc) is 2.61. The number of hydrogen-bond acceptors (Lipinski definition) is 4. The molecule has 0 saturated carbocycles. The van der Waals surface area contributed by atoms with E-state index in [0.29, 0.717) is 33.7 Å². The molecule has 0 aromatic heterocycles. The number of ether oxygens (including phenoxy) is 3. The largest absolute Gasteiger partial charge is 0.493 e. The van der Waals surface area contributed by atoms with Crippen molar-refractivity contribution in [3.8, 4) is 11.5 Å². The first-order valence-electron chi connectivity index (χ1n) is 8.18. The van der Waals surface area contributed by atoms with Gasteiger partial charge in [-0.05, 0) is 42.8 Å². The van der Waals surface area contributed by atoms with Crippen LogP contribution >= 0.6 is 23.2 Å². The fourth-order valence-electron chi connectivity index (χ4n) is 2.38. The fraction of sp³-hybridized carbons (Fsp3) is 0.368. The lowest BCUT2D eigenvalue weighted by Crippen LogP contribution is -2.16. The minimum absolute atomic E-state index is 0.157. The lowest BCUT2D eigenvalue weighted by molar-refractivity contribution is 0.194. The fourth-order valence-corrected chi connectivity index (χ4v) is 2.89. The molecule has 0 unspecified atom stereocenters. The van der Waals surface area contributed by atoms with Crippen molar-refractivity contribution in [2.75, 3.05) is 27.4 Å². The molecule has 7 heteroatoms. The van der Waals surface area contributed by atoms with Crippen LogP contribution in [0, 0.1) is 5.82 Å². The standard InChI is InChI=1S/C19H22Cl2FNO3/c1-24-7-3-6-23-11-13-8-17(21)19(18(9-13)25-2)26-12-14-4-5-15(22)10-16(14)20/h4-5,8-10,23H,3,6-7,11-12H2,1-2H3. The maximum atomic E-state index is 13.1. The van der Waals surface area contributed by atoms with Crippen LogP contribution < -0.4 is 14.8 Å². The third-order valence-corrected chi connectivity index (χ3v) is 4.34. The highest BCUT2D eigenvalue weighted by Gasteiger charge is 2.13. The van der Waals surface area contributed by atoms with E-state index in [1.54, 1.807) is 20.3 Å². The first-order valence-corrected chi connectivity index (χ1v) is 8.93. The minimum Gasteiger partial charge on any atom is -0.493 e. The Hall–Kier alpha value is -1.53. The smallest absolute Gasteiger partial charge is 0.180 e. The van der Waals surface area contributed by atoms with Gasteiger partial charge < -0.3 is 19.5 Å². The van der Waals surface area contributed by atoms with E-state index in [-0.39, 0.29) is 6.61 Å². The molecule has 0 saturated heterocycles. The maximum Gasteiger partial charge on any atom is 0.180 e. The zero-order valence-corrected chi connectivity index (χ0v) is 16.3. The van der Waals surface area contributed by atoms with Crippen molar-refractivity contribution >= 4 is 23.2 Å².